The molecule has 8 heavy (non-hydrogen) atoms. The number of rotatable bonds is 3. The van der Waals surface area contributed by atoms with Crippen molar-refractivity contribution >= 4 is 22.6 Å². The maximum absolute atomic E-state index is 12.1. The Bertz CT molecular complexity index is 74.8. The van der Waals surface area contributed by atoms with E-state index < -0.39 is 4.18 Å². The van der Waals surface area contributed by atoms with Crippen LogP contribution in [0.2, 0.25) is 0 Å². The highest BCUT2D eigenvalue weighted by molar-refractivity contribution is 14.1. The first kappa shape index (κ1) is 8.36. The van der Waals surface area contributed by atoms with Crippen LogP contribution >= 0.6 is 22.6 Å². The molecule has 0 aromatic carbocycles. The van der Waals surface area contributed by atoms with Gasteiger partial charge in [0.15, 0.2) is 4.18 Å². The van der Waals surface area contributed by atoms with E-state index in [2.05, 4.69) is 6.58 Å². The van der Waals surface area contributed by atoms with E-state index >= 15 is 0 Å². The van der Waals surface area contributed by atoms with Crippen molar-refractivity contribution in [2.45, 2.75) is 16.6 Å². The van der Waals surface area contributed by atoms with Crippen molar-refractivity contribution in [2.75, 3.05) is 0 Å². The van der Waals surface area contributed by atoms with E-state index in [1.54, 1.807) is 28.7 Å². The van der Waals surface area contributed by atoms with E-state index in [4.69, 9.17) is 5.73 Å². The molecule has 48 valence electrons. The third-order valence-electron chi connectivity index (χ3n) is 0.762. The van der Waals surface area contributed by atoms with E-state index in [1.165, 1.54) is 0 Å². The van der Waals surface area contributed by atoms with Gasteiger partial charge in [0.25, 0.3) is 0 Å². The SMILES string of the molecule is C=CCC(N)C(F)I. The van der Waals surface area contributed by atoms with Gasteiger partial charge in [-0.05, 0) is 29.0 Å². The van der Waals surface area contributed by atoms with Crippen LogP contribution in [0.3, 0.4) is 0 Å². The summed E-state index contributed by atoms with van der Waals surface area (Å²) in [5.41, 5.74) is 5.27. The highest BCUT2D eigenvalue weighted by atomic mass is 127. The largest absolute Gasteiger partial charge is 0.324 e. The van der Waals surface area contributed by atoms with Crippen molar-refractivity contribution in [3.05, 3.63) is 12.7 Å². The van der Waals surface area contributed by atoms with Gasteiger partial charge >= 0.3 is 0 Å². The maximum atomic E-state index is 12.1. The molecule has 0 rings (SSSR count). The summed E-state index contributed by atoms with van der Waals surface area (Å²) < 4.78 is 11.1. The number of halogens is 2. The number of alkyl halides is 2. The lowest BCUT2D eigenvalue weighted by molar-refractivity contribution is 0.408. The Hall–Kier alpha value is 0.360. The van der Waals surface area contributed by atoms with Gasteiger partial charge in [-0.25, -0.2) is 4.39 Å². The van der Waals surface area contributed by atoms with Crippen LogP contribution in [0.25, 0.3) is 0 Å². The van der Waals surface area contributed by atoms with E-state index in [0.717, 1.165) is 0 Å². The van der Waals surface area contributed by atoms with Crippen molar-refractivity contribution < 1.29 is 4.39 Å². The Morgan fingerprint density at radius 1 is 1.88 bits per heavy atom. The average molecular weight is 229 g/mol. The molecule has 0 saturated heterocycles. The summed E-state index contributed by atoms with van der Waals surface area (Å²) in [4.78, 5) is 0. The molecule has 0 amide bonds. The Labute approximate surface area is 62.3 Å². The molecule has 2 unspecified atom stereocenters. The van der Waals surface area contributed by atoms with Crippen LogP contribution in [0.15, 0.2) is 12.7 Å². The lowest BCUT2D eigenvalue weighted by Crippen LogP contribution is -2.26. The molecule has 0 aromatic rings. The summed E-state index contributed by atoms with van der Waals surface area (Å²) in [5, 5.41) is 0. The second kappa shape index (κ2) is 4.26. The van der Waals surface area contributed by atoms with Gasteiger partial charge in [0.1, 0.15) is 0 Å². The number of nitrogens with two attached hydrogens (primary N) is 1. The quantitative estimate of drug-likeness (QED) is 0.444. The highest BCUT2D eigenvalue weighted by Gasteiger charge is 2.09. The summed E-state index contributed by atoms with van der Waals surface area (Å²) >= 11 is 1.65. The highest BCUT2D eigenvalue weighted by Crippen LogP contribution is 2.08. The molecule has 0 fully saturated rings. The molecular weight excluding hydrogens is 220 g/mol. The zero-order valence-corrected chi connectivity index (χ0v) is 6.64. The van der Waals surface area contributed by atoms with Crippen LogP contribution in [-0.2, 0) is 0 Å². The van der Waals surface area contributed by atoms with E-state index in [1.807, 2.05) is 0 Å². The fourth-order valence-electron chi connectivity index (χ4n) is 0.295. The molecule has 0 aliphatic carbocycles. The molecule has 2 atom stereocenters. The molecular formula is C5H9FIN. The molecule has 0 bridgehead atoms. The first-order valence-corrected chi connectivity index (χ1v) is 3.57. The third-order valence-corrected chi connectivity index (χ3v) is 1.69. The van der Waals surface area contributed by atoms with E-state index in [0.29, 0.717) is 6.42 Å². The zero-order chi connectivity index (χ0) is 6.57. The maximum Gasteiger partial charge on any atom is 0.166 e. The van der Waals surface area contributed by atoms with Gasteiger partial charge in [-0.3, -0.25) is 0 Å². The smallest absolute Gasteiger partial charge is 0.166 e. The minimum absolute atomic E-state index is 0.381. The van der Waals surface area contributed by atoms with Crippen molar-refractivity contribution in [3.8, 4) is 0 Å². The Kier molecular flexibility index (Phi) is 4.45. The fraction of sp³-hybridized carbons (Fsp3) is 0.600. The van der Waals surface area contributed by atoms with Gasteiger partial charge in [-0.15, -0.1) is 6.58 Å². The van der Waals surface area contributed by atoms with Crippen LogP contribution in [0, 0.1) is 0 Å². The van der Waals surface area contributed by atoms with Crippen molar-refractivity contribution in [1.29, 1.82) is 0 Å². The van der Waals surface area contributed by atoms with Gasteiger partial charge < -0.3 is 5.73 Å². The summed E-state index contributed by atoms with van der Waals surface area (Å²) in [6.07, 6.45) is 2.17. The third kappa shape index (κ3) is 3.37. The molecule has 0 heterocycles. The molecule has 0 aliphatic rings. The van der Waals surface area contributed by atoms with Crippen LogP contribution in [-0.4, -0.2) is 10.2 Å². The van der Waals surface area contributed by atoms with Crippen molar-refractivity contribution in [3.63, 3.8) is 0 Å². The first-order valence-electron chi connectivity index (χ1n) is 2.33. The predicted octanol–water partition coefficient (Wildman–Crippen LogP) is 1.62. The van der Waals surface area contributed by atoms with Gasteiger partial charge in [0.2, 0.25) is 0 Å². The molecule has 1 nitrogen and oxygen atoms in total. The minimum atomic E-state index is -0.953. The van der Waals surface area contributed by atoms with Gasteiger partial charge in [0, 0.05) is 6.04 Å². The van der Waals surface area contributed by atoms with Gasteiger partial charge in [0.05, 0.1) is 0 Å². The van der Waals surface area contributed by atoms with Gasteiger partial charge in [-0.2, -0.15) is 0 Å². The lowest BCUT2D eigenvalue weighted by atomic mass is 10.2. The van der Waals surface area contributed by atoms with Crippen molar-refractivity contribution in [1.82, 2.24) is 0 Å². The minimum Gasteiger partial charge on any atom is -0.324 e. The Morgan fingerprint density at radius 3 is 2.50 bits per heavy atom. The molecule has 2 N–H and O–H groups in total. The predicted molar refractivity (Wildman–Crippen MR) is 41.7 cm³/mol. The van der Waals surface area contributed by atoms with Crippen LogP contribution in [0.1, 0.15) is 6.42 Å². The molecule has 3 heteroatoms. The average Bonchev–Trinajstić information content (AvgIpc) is 1.67. The first-order chi connectivity index (χ1) is 3.68. The molecule has 0 spiro atoms. The van der Waals surface area contributed by atoms with Crippen LogP contribution < -0.4 is 5.73 Å². The van der Waals surface area contributed by atoms with Gasteiger partial charge in [-0.1, -0.05) is 6.08 Å². The molecule has 0 aromatic heterocycles. The summed E-state index contributed by atoms with van der Waals surface area (Å²) in [6.45, 7) is 3.43. The number of hydrogen-bond acceptors (Lipinski definition) is 1. The lowest BCUT2D eigenvalue weighted by Gasteiger charge is -2.06. The summed E-state index contributed by atoms with van der Waals surface area (Å²) in [7, 11) is 0. The number of hydrogen-bond donors (Lipinski definition) is 1. The van der Waals surface area contributed by atoms with E-state index in [-0.39, 0.29) is 6.04 Å². The second-order valence-electron chi connectivity index (χ2n) is 1.52. The normalized spacial score (nSPS) is 17.4. The monoisotopic (exact) mass is 229 g/mol. The molecule has 0 aliphatic heterocycles. The fourth-order valence-corrected chi connectivity index (χ4v) is 0.589. The standard InChI is InChI=1S/C5H9FIN/c1-2-3-4(8)5(6)7/h2,4-5H,1,3,8H2. The van der Waals surface area contributed by atoms with E-state index in [9.17, 15) is 4.39 Å². The zero-order valence-electron chi connectivity index (χ0n) is 4.48. The molecule has 0 saturated carbocycles. The summed E-state index contributed by atoms with van der Waals surface area (Å²) in [6, 6.07) is -0.381. The Morgan fingerprint density at radius 2 is 2.38 bits per heavy atom. The topological polar surface area (TPSA) is 26.0 Å². The molecule has 0 radical (unpaired) electrons. The second-order valence-corrected chi connectivity index (χ2v) is 2.71. The van der Waals surface area contributed by atoms with Crippen LogP contribution in [0.4, 0.5) is 4.39 Å². The Balaban J connectivity index is 3.30. The summed E-state index contributed by atoms with van der Waals surface area (Å²) in [5.74, 6) is 0. The van der Waals surface area contributed by atoms with Crippen molar-refractivity contribution in [2.24, 2.45) is 5.73 Å². The van der Waals surface area contributed by atoms with Crippen LogP contribution in [0.5, 0.6) is 0 Å².